The van der Waals surface area contributed by atoms with Crippen molar-refractivity contribution < 1.29 is 22.6 Å². The van der Waals surface area contributed by atoms with Gasteiger partial charge in [0.15, 0.2) is 11.5 Å². The number of ether oxygens (including phenoxy) is 2. The molecule has 1 aromatic rings. The molecule has 0 bridgehead atoms. The molecule has 0 unspecified atom stereocenters. The number of hydrogen-bond donors (Lipinski definition) is 0. The molecule has 132 valence electrons. The van der Waals surface area contributed by atoms with Crippen molar-refractivity contribution in [2.24, 2.45) is 11.8 Å². The third-order valence-corrected chi connectivity index (χ3v) is 4.75. The molecule has 3 rings (SSSR count). The van der Waals surface area contributed by atoms with Crippen LogP contribution < -0.4 is 9.47 Å². The van der Waals surface area contributed by atoms with Crippen LogP contribution in [0.2, 0.25) is 0 Å². The summed E-state index contributed by atoms with van der Waals surface area (Å²) in [5.74, 6) is 0.965. The highest BCUT2D eigenvalue weighted by Crippen LogP contribution is 2.39. The van der Waals surface area contributed by atoms with Crippen LogP contribution in [0.4, 0.5) is 13.2 Å². The smallest absolute Gasteiger partial charge is 0.489 e. The molecule has 0 aromatic heterocycles. The number of rotatable bonds is 6. The van der Waals surface area contributed by atoms with Gasteiger partial charge in [-0.05, 0) is 56.1 Å². The number of benzene rings is 1. The summed E-state index contributed by atoms with van der Waals surface area (Å²) in [5.41, 5.74) is 1.21. The first-order valence-electron chi connectivity index (χ1n) is 8.63. The lowest BCUT2D eigenvalue weighted by Gasteiger charge is -2.19. The highest BCUT2D eigenvalue weighted by Gasteiger charge is 2.34. The van der Waals surface area contributed by atoms with Crippen LogP contribution in [0.5, 0.6) is 11.5 Å². The summed E-state index contributed by atoms with van der Waals surface area (Å²) in [6, 6.07) is 3.40. The maximum absolute atomic E-state index is 12.8. The molecule has 2 fully saturated rings. The molecule has 2 aliphatic rings. The van der Waals surface area contributed by atoms with Crippen molar-refractivity contribution in [3.05, 3.63) is 29.3 Å². The summed E-state index contributed by atoms with van der Waals surface area (Å²) in [4.78, 5) is 0. The van der Waals surface area contributed by atoms with Crippen LogP contribution in [0.15, 0.2) is 18.2 Å². The van der Waals surface area contributed by atoms with E-state index in [9.17, 15) is 13.2 Å². The molecule has 0 N–H and O–H groups in total. The third kappa shape index (κ3) is 4.68. The first kappa shape index (κ1) is 17.2. The zero-order valence-electron chi connectivity index (χ0n) is 13.9. The van der Waals surface area contributed by atoms with E-state index in [-0.39, 0.29) is 11.5 Å². The van der Waals surface area contributed by atoms with Gasteiger partial charge in [-0.2, -0.15) is 0 Å². The van der Waals surface area contributed by atoms with E-state index in [4.69, 9.17) is 4.74 Å². The first-order chi connectivity index (χ1) is 11.4. The molecule has 0 radical (unpaired) electrons. The van der Waals surface area contributed by atoms with E-state index in [2.05, 4.69) is 10.8 Å². The van der Waals surface area contributed by atoms with Gasteiger partial charge in [0.1, 0.15) is 0 Å². The van der Waals surface area contributed by atoms with Crippen molar-refractivity contribution >= 4 is 6.08 Å². The summed E-state index contributed by atoms with van der Waals surface area (Å²) in [7, 11) is 0. The Morgan fingerprint density at radius 1 is 1.12 bits per heavy atom. The van der Waals surface area contributed by atoms with E-state index < -0.39 is 6.36 Å². The van der Waals surface area contributed by atoms with Crippen molar-refractivity contribution in [2.45, 2.75) is 51.8 Å². The zero-order valence-corrected chi connectivity index (χ0v) is 13.9. The second-order valence-electron chi connectivity index (χ2n) is 6.81. The van der Waals surface area contributed by atoms with E-state index in [1.54, 1.807) is 19.1 Å². The molecule has 0 saturated heterocycles. The lowest BCUT2D eigenvalue weighted by atomic mass is 10.1. The van der Waals surface area contributed by atoms with Crippen molar-refractivity contribution in [2.75, 3.05) is 6.61 Å². The summed E-state index contributed by atoms with van der Waals surface area (Å²) in [6.45, 7) is 2.10. The Hall–Kier alpha value is -1.65. The molecule has 1 aromatic carbocycles. The van der Waals surface area contributed by atoms with Gasteiger partial charge in [-0.15, -0.1) is 13.2 Å². The fourth-order valence-electron chi connectivity index (χ4n) is 3.13. The Balaban J connectivity index is 1.80. The van der Waals surface area contributed by atoms with Crippen LogP contribution in [-0.4, -0.2) is 13.0 Å². The topological polar surface area (TPSA) is 18.5 Å². The Morgan fingerprint density at radius 2 is 1.83 bits per heavy atom. The fraction of sp³-hybridized carbons (Fsp3) is 0.579. The van der Waals surface area contributed by atoms with E-state index >= 15 is 0 Å². The molecule has 0 aliphatic heterocycles. The number of alkyl halides is 3. The van der Waals surface area contributed by atoms with Gasteiger partial charge >= 0.3 is 6.36 Å². The number of halogens is 3. The van der Waals surface area contributed by atoms with Gasteiger partial charge in [-0.25, -0.2) is 0 Å². The van der Waals surface area contributed by atoms with Gasteiger partial charge in [0.2, 0.25) is 0 Å². The van der Waals surface area contributed by atoms with Crippen molar-refractivity contribution in [3.8, 4) is 11.5 Å². The zero-order chi connectivity index (χ0) is 17.2. The van der Waals surface area contributed by atoms with Gasteiger partial charge < -0.3 is 9.47 Å². The molecule has 24 heavy (non-hydrogen) atoms. The molecule has 5 heteroatoms. The van der Waals surface area contributed by atoms with Gasteiger partial charge in [0.05, 0.1) is 6.61 Å². The minimum absolute atomic E-state index is 0.181. The van der Waals surface area contributed by atoms with Gasteiger partial charge in [-0.1, -0.05) is 31.1 Å². The molecule has 0 atom stereocenters. The van der Waals surface area contributed by atoms with Crippen LogP contribution in [-0.2, 0) is 0 Å². The summed E-state index contributed by atoms with van der Waals surface area (Å²) in [5, 5.41) is 0. The number of allylic oxidation sites excluding steroid dienone is 1. The van der Waals surface area contributed by atoms with Crippen LogP contribution in [0.1, 0.15) is 49.7 Å². The minimum atomic E-state index is -4.73. The highest BCUT2D eigenvalue weighted by atomic mass is 19.4. The third-order valence-electron chi connectivity index (χ3n) is 4.75. The molecule has 2 aliphatic carbocycles. The predicted octanol–water partition coefficient (Wildman–Crippen LogP) is 5.89. The van der Waals surface area contributed by atoms with E-state index in [0.717, 1.165) is 31.2 Å². The highest BCUT2D eigenvalue weighted by molar-refractivity contribution is 5.62. The summed E-state index contributed by atoms with van der Waals surface area (Å²) >= 11 is 0. The Labute approximate surface area is 140 Å². The average molecular weight is 340 g/mol. The maximum atomic E-state index is 12.8. The normalized spacial score (nSPS) is 19.2. The van der Waals surface area contributed by atoms with Crippen molar-refractivity contribution in [1.29, 1.82) is 0 Å². The van der Waals surface area contributed by atoms with Crippen molar-refractivity contribution in [1.82, 2.24) is 0 Å². The number of hydrogen-bond acceptors (Lipinski definition) is 2. The first-order valence-corrected chi connectivity index (χ1v) is 8.63. The van der Waals surface area contributed by atoms with Crippen LogP contribution >= 0.6 is 0 Å². The molecular weight excluding hydrogens is 317 g/mol. The predicted molar refractivity (Wildman–Crippen MR) is 87.1 cm³/mol. The summed E-state index contributed by atoms with van der Waals surface area (Å²) in [6.07, 6.45) is 6.03. The molecular formula is C19H23F3O2. The Morgan fingerprint density at radius 3 is 2.46 bits per heavy atom. The van der Waals surface area contributed by atoms with Gasteiger partial charge in [-0.3, -0.25) is 0 Å². The molecule has 2 saturated carbocycles. The second-order valence-corrected chi connectivity index (χ2v) is 6.81. The molecule has 0 amide bonds. The minimum Gasteiger partial charge on any atom is -0.489 e. The summed E-state index contributed by atoms with van der Waals surface area (Å²) < 4.78 is 48.4. The van der Waals surface area contributed by atoms with Crippen LogP contribution in [0, 0.1) is 18.8 Å². The van der Waals surface area contributed by atoms with Crippen LogP contribution in [0.25, 0.3) is 6.08 Å². The largest absolute Gasteiger partial charge is 0.573 e. The van der Waals surface area contributed by atoms with E-state index in [1.165, 1.54) is 12.8 Å². The molecule has 0 spiro atoms. The quantitative estimate of drug-likeness (QED) is 0.643. The van der Waals surface area contributed by atoms with E-state index in [1.807, 2.05) is 6.08 Å². The van der Waals surface area contributed by atoms with Crippen molar-refractivity contribution in [3.63, 3.8) is 0 Å². The van der Waals surface area contributed by atoms with Crippen LogP contribution in [0.3, 0.4) is 0 Å². The van der Waals surface area contributed by atoms with Gasteiger partial charge in [0.25, 0.3) is 0 Å². The lowest BCUT2D eigenvalue weighted by molar-refractivity contribution is -0.275. The molecule has 0 heterocycles. The Bertz CT molecular complexity index is 597. The molecule has 2 nitrogen and oxygen atoms in total. The monoisotopic (exact) mass is 340 g/mol. The fourth-order valence-corrected chi connectivity index (χ4v) is 3.13. The standard InChI is InChI=1S/C19H23F3O2/c1-13-16(9-8-14-6-7-14)10-11-17(18(13)24-19(20,21)22)23-12-15-4-2-3-5-15/h8-11,14-15H,2-7,12H2,1H3/b9-8+. The second kappa shape index (κ2) is 7.08. The van der Waals surface area contributed by atoms with E-state index in [0.29, 0.717) is 24.0 Å². The lowest BCUT2D eigenvalue weighted by Crippen LogP contribution is -2.19. The van der Waals surface area contributed by atoms with Gasteiger partial charge in [0, 0.05) is 5.56 Å². The average Bonchev–Trinajstić information content (AvgIpc) is 3.19. The Kier molecular flexibility index (Phi) is 5.07. The SMILES string of the molecule is Cc1c(/C=C/C2CC2)ccc(OCC2CCCC2)c1OC(F)(F)F. The maximum Gasteiger partial charge on any atom is 0.573 e.